The summed E-state index contributed by atoms with van der Waals surface area (Å²) in [6, 6.07) is 10.2. The maximum Gasteiger partial charge on any atom is 0.184 e. The molecule has 3 saturated carbocycles. The largest absolute Gasteiger partial charge is 0.414 e. The van der Waals surface area contributed by atoms with Crippen molar-refractivity contribution in [1.82, 2.24) is 0 Å². The van der Waals surface area contributed by atoms with Gasteiger partial charge in [-0.05, 0) is 81.0 Å². The number of hydrogen-bond donors (Lipinski definition) is 0. The second kappa shape index (κ2) is 8.74. The van der Waals surface area contributed by atoms with E-state index >= 15 is 0 Å². The van der Waals surface area contributed by atoms with Crippen molar-refractivity contribution >= 4 is 19.8 Å². The van der Waals surface area contributed by atoms with Gasteiger partial charge >= 0.3 is 0 Å². The van der Waals surface area contributed by atoms with Crippen molar-refractivity contribution in [3.63, 3.8) is 0 Å². The highest BCUT2D eigenvalue weighted by Crippen LogP contribution is 2.63. The molecule has 0 aromatic heterocycles. The molecule has 3 fully saturated rings. The predicted molar refractivity (Wildman–Crippen MR) is 139 cm³/mol. The zero-order valence-electron chi connectivity index (χ0n) is 21.6. The van der Waals surface area contributed by atoms with E-state index in [4.69, 9.17) is 9.26 Å². The standard InChI is InChI=1S/C29H41NO3Si/c1-28-16-15-22(33-34(3,4)5)17-21(28)11-12-23-24-13-14-26(29(24,2)18-25(31)27(23)28)30-32-19-20-9-7-6-8-10-20/h6-11,22-24,27H,12-19H2,1-5H3/b30-26+/t22-,23-,24-,27+,28-,29-/m0/s1. The maximum atomic E-state index is 13.8. The van der Waals surface area contributed by atoms with Crippen molar-refractivity contribution in [2.45, 2.75) is 91.1 Å². The molecule has 0 bridgehead atoms. The Morgan fingerprint density at radius 1 is 1.09 bits per heavy atom. The maximum absolute atomic E-state index is 13.8. The minimum atomic E-state index is -1.56. The Hall–Kier alpha value is -1.72. The van der Waals surface area contributed by atoms with Crippen LogP contribution in [0.4, 0.5) is 0 Å². The molecule has 184 valence electrons. The summed E-state index contributed by atoms with van der Waals surface area (Å²) in [5, 5.41) is 4.63. The van der Waals surface area contributed by atoms with Crippen molar-refractivity contribution in [2.75, 3.05) is 0 Å². The van der Waals surface area contributed by atoms with Crippen LogP contribution < -0.4 is 0 Å². The summed E-state index contributed by atoms with van der Waals surface area (Å²) in [7, 11) is -1.56. The highest BCUT2D eigenvalue weighted by Gasteiger charge is 2.61. The molecular weight excluding hydrogens is 438 g/mol. The number of hydrogen-bond acceptors (Lipinski definition) is 4. The molecular formula is C29H41NO3Si. The molecule has 0 N–H and O–H groups in total. The van der Waals surface area contributed by atoms with Crippen LogP contribution in [0, 0.1) is 28.6 Å². The first kappa shape index (κ1) is 24.0. The molecule has 0 heterocycles. The van der Waals surface area contributed by atoms with Crippen LogP contribution in [0.3, 0.4) is 0 Å². The van der Waals surface area contributed by atoms with Gasteiger partial charge in [-0.3, -0.25) is 4.79 Å². The Kier molecular flexibility index (Phi) is 6.17. The molecule has 0 saturated heterocycles. The molecule has 5 heteroatoms. The van der Waals surface area contributed by atoms with E-state index in [-0.39, 0.29) is 16.7 Å². The molecule has 1 aromatic rings. The second-order valence-corrected chi connectivity index (χ2v) is 17.1. The van der Waals surface area contributed by atoms with Crippen LogP contribution in [0.2, 0.25) is 19.6 Å². The van der Waals surface area contributed by atoms with Gasteiger partial charge in [-0.2, -0.15) is 0 Å². The summed E-state index contributed by atoms with van der Waals surface area (Å²) in [5.74, 6) is 1.55. The summed E-state index contributed by atoms with van der Waals surface area (Å²) in [5.41, 5.74) is 3.57. The third kappa shape index (κ3) is 4.24. The van der Waals surface area contributed by atoms with E-state index in [0.717, 1.165) is 49.8 Å². The number of carbonyl (C=O) groups excluding carboxylic acids is 1. The highest BCUT2D eigenvalue weighted by molar-refractivity contribution is 6.69. The van der Waals surface area contributed by atoms with E-state index in [1.807, 2.05) is 18.2 Å². The zero-order valence-corrected chi connectivity index (χ0v) is 22.6. The number of allylic oxidation sites excluding steroid dienone is 1. The highest BCUT2D eigenvalue weighted by atomic mass is 28.4. The monoisotopic (exact) mass is 479 g/mol. The second-order valence-electron chi connectivity index (χ2n) is 12.6. The Balaban J connectivity index is 1.34. The van der Waals surface area contributed by atoms with Gasteiger partial charge in [-0.15, -0.1) is 0 Å². The van der Waals surface area contributed by atoms with Crippen molar-refractivity contribution < 1.29 is 14.1 Å². The average molecular weight is 480 g/mol. The van der Waals surface area contributed by atoms with Gasteiger partial charge in [-0.1, -0.05) is 61.0 Å². The van der Waals surface area contributed by atoms with Crippen molar-refractivity contribution in [1.29, 1.82) is 0 Å². The van der Waals surface area contributed by atoms with Crippen LogP contribution in [0.25, 0.3) is 0 Å². The smallest absolute Gasteiger partial charge is 0.184 e. The van der Waals surface area contributed by atoms with E-state index in [1.165, 1.54) is 5.57 Å². The number of rotatable bonds is 5. The fraction of sp³-hybridized carbons (Fsp3) is 0.655. The number of Topliss-reactive ketones (excluding diaryl/α,β-unsaturated/α-hetero) is 1. The van der Waals surface area contributed by atoms with E-state index in [2.05, 4.69) is 56.9 Å². The first-order valence-corrected chi connectivity index (χ1v) is 16.6. The van der Waals surface area contributed by atoms with Gasteiger partial charge in [0.05, 0.1) is 5.71 Å². The van der Waals surface area contributed by atoms with Crippen LogP contribution in [-0.4, -0.2) is 25.9 Å². The van der Waals surface area contributed by atoms with Crippen LogP contribution in [-0.2, 0) is 20.7 Å². The molecule has 1 aromatic carbocycles. The molecule has 0 aliphatic heterocycles. The minimum Gasteiger partial charge on any atom is -0.414 e. The Bertz CT molecular complexity index is 996. The third-order valence-electron chi connectivity index (χ3n) is 9.26. The molecule has 5 rings (SSSR count). The molecule has 34 heavy (non-hydrogen) atoms. The van der Waals surface area contributed by atoms with Gasteiger partial charge < -0.3 is 9.26 Å². The quantitative estimate of drug-likeness (QED) is 0.262. The molecule has 0 unspecified atom stereocenters. The minimum absolute atomic E-state index is 0.00430. The molecule has 4 nitrogen and oxygen atoms in total. The molecule has 6 atom stereocenters. The Morgan fingerprint density at radius 2 is 1.85 bits per heavy atom. The van der Waals surface area contributed by atoms with Crippen LogP contribution in [0.5, 0.6) is 0 Å². The van der Waals surface area contributed by atoms with E-state index in [9.17, 15) is 4.79 Å². The van der Waals surface area contributed by atoms with Gasteiger partial charge in [0.1, 0.15) is 12.4 Å². The number of fused-ring (bicyclic) bond motifs is 5. The van der Waals surface area contributed by atoms with Gasteiger partial charge in [0, 0.05) is 23.9 Å². The first-order valence-electron chi connectivity index (χ1n) is 13.2. The fourth-order valence-corrected chi connectivity index (χ4v) is 8.96. The predicted octanol–water partition coefficient (Wildman–Crippen LogP) is 6.92. The van der Waals surface area contributed by atoms with Gasteiger partial charge in [0.2, 0.25) is 0 Å². The van der Waals surface area contributed by atoms with Gasteiger partial charge in [0.15, 0.2) is 8.32 Å². The van der Waals surface area contributed by atoms with Crippen molar-refractivity contribution in [3.8, 4) is 0 Å². The summed E-state index contributed by atoms with van der Waals surface area (Å²) in [6.45, 7) is 12.0. The Labute approximate surface area is 206 Å². The third-order valence-corrected chi connectivity index (χ3v) is 10.3. The lowest BCUT2D eigenvalue weighted by Gasteiger charge is -2.56. The summed E-state index contributed by atoms with van der Waals surface area (Å²) >= 11 is 0. The number of carbonyl (C=O) groups is 1. The average Bonchev–Trinajstić information content (AvgIpc) is 3.09. The summed E-state index contributed by atoms with van der Waals surface area (Å²) in [4.78, 5) is 19.6. The number of nitrogens with zero attached hydrogens (tertiary/aromatic N) is 1. The molecule has 0 spiro atoms. The Morgan fingerprint density at radius 3 is 2.59 bits per heavy atom. The molecule has 4 aliphatic rings. The molecule has 4 aliphatic carbocycles. The molecule has 0 radical (unpaired) electrons. The SMILES string of the molecule is C[C@]12CC[C@H](O[Si](C)(C)C)CC1=CC[C@@H]1[C@@H]2C(=O)C[C@]2(C)/C(=N/OCc3ccccc3)CC[C@@H]12. The van der Waals surface area contributed by atoms with Crippen LogP contribution in [0.15, 0.2) is 47.1 Å². The van der Waals surface area contributed by atoms with E-state index in [0.29, 0.717) is 36.8 Å². The zero-order chi connectivity index (χ0) is 24.1. The fourth-order valence-electron chi connectivity index (χ4n) is 7.76. The lowest BCUT2D eigenvalue weighted by atomic mass is 9.47. The summed E-state index contributed by atoms with van der Waals surface area (Å²) < 4.78 is 6.49. The van der Waals surface area contributed by atoms with Crippen LogP contribution >= 0.6 is 0 Å². The van der Waals surface area contributed by atoms with Crippen molar-refractivity contribution in [2.24, 2.45) is 33.7 Å². The number of ketones is 1. The lowest BCUT2D eigenvalue weighted by molar-refractivity contribution is -0.140. The summed E-state index contributed by atoms with van der Waals surface area (Å²) in [6.07, 6.45) is 9.72. The molecule has 0 amide bonds. The van der Waals surface area contributed by atoms with Crippen LogP contribution in [0.1, 0.15) is 64.4 Å². The van der Waals surface area contributed by atoms with E-state index < -0.39 is 8.32 Å². The van der Waals surface area contributed by atoms with Crippen molar-refractivity contribution in [3.05, 3.63) is 47.5 Å². The normalized spacial score (nSPS) is 38.7. The lowest BCUT2D eigenvalue weighted by Crippen LogP contribution is -2.55. The van der Waals surface area contributed by atoms with Gasteiger partial charge in [0.25, 0.3) is 0 Å². The number of benzene rings is 1. The first-order chi connectivity index (χ1) is 16.1. The topological polar surface area (TPSA) is 47.9 Å². The number of oxime groups is 1. The van der Waals surface area contributed by atoms with E-state index in [1.54, 1.807) is 0 Å². The van der Waals surface area contributed by atoms with Gasteiger partial charge in [-0.25, -0.2) is 0 Å².